The maximum Gasteiger partial charge on any atom is 0.0171 e. The van der Waals surface area contributed by atoms with Crippen molar-refractivity contribution < 1.29 is 0 Å². The second kappa shape index (κ2) is 5.85. The van der Waals surface area contributed by atoms with Crippen molar-refractivity contribution in [3.63, 3.8) is 0 Å². The van der Waals surface area contributed by atoms with E-state index < -0.39 is 0 Å². The molecule has 1 unspecified atom stereocenters. The number of nitrogens with one attached hydrogen (secondary N) is 1. The molecule has 1 saturated heterocycles. The Morgan fingerprint density at radius 1 is 1.06 bits per heavy atom. The first-order chi connectivity index (χ1) is 8.93. The summed E-state index contributed by atoms with van der Waals surface area (Å²) in [4.78, 5) is 0. The molecule has 2 heteroatoms. The summed E-state index contributed by atoms with van der Waals surface area (Å²) in [6, 6.07) is 9.01. The molecule has 1 aliphatic heterocycles. The molecule has 1 aliphatic carbocycles. The van der Waals surface area contributed by atoms with Gasteiger partial charge in [0.2, 0.25) is 0 Å². The molecule has 0 saturated carbocycles. The van der Waals surface area contributed by atoms with Gasteiger partial charge in [-0.15, -0.1) is 0 Å². The zero-order chi connectivity index (χ0) is 12.2. The third kappa shape index (κ3) is 2.76. The Kier molecular flexibility index (Phi) is 3.96. The Bertz CT molecular complexity index is 382. The highest BCUT2D eigenvalue weighted by Crippen LogP contribution is 2.30. The maximum absolute atomic E-state index is 3.67. The summed E-state index contributed by atoms with van der Waals surface area (Å²) in [5.41, 5.74) is 6.83. The fourth-order valence-corrected chi connectivity index (χ4v) is 3.36. The van der Waals surface area contributed by atoms with Crippen molar-refractivity contribution >= 4 is 0 Å². The lowest BCUT2D eigenvalue weighted by Crippen LogP contribution is -2.43. The van der Waals surface area contributed by atoms with Crippen LogP contribution in [0, 0.1) is 0 Å². The summed E-state index contributed by atoms with van der Waals surface area (Å²) >= 11 is 0. The molecule has 1 aromatic carbocycles. The van der Waals surface area contributed by atoms with Crippen molar-refractivity contribution in [2.24, 2.45) is 0 Å². The standard InChI is InChI=1S/C16H24N2/c1-4-11-18(12-5-1)17-13-15-9-6-8-14-7-2-3-10-16(14)15/h2-3,7,10,15,17H,1,4-6,8-9,11-13H2. The minimum Gasteiger partial charge on any atom is -0.255 e. The highest BCUT2D eigenvalue weighted by molar-refractivity contribution is 5.32. The summed E-state index contributed by atoms with van der Waals surface area (Å²) < 4.78 is 0. The van der Waals surface area contributed by atoms with Gasteiger partial charge in [0, 0.05) is 19.6 Å². The fraction of sp³-hybridized carbons (Fsp3) is 0.625. The van der Waals surface area contributed by atoms with E-state index in [1.54, 1.807) is 11.1 Å². The molecule has 0 bridgehead atoms. The largest absolute Gasteiger partial charge is 0.255 e. The fourth-order valence-electron chi connectivity index (χ4n) is 3.36. The summed E-state index contributed by atoms with van der Waals surface area (Å²) in [5.74, 6) is 0.719. The van der Waals surface area contributed by atoms with Gasteiger partial charge in [-0.25, -0.2) is 5.01 Å². The van der Waals surface area contributed by atoms with Crippen LogP contribution in [0.4, 0.5) is 0 Å². The van der Waals surface area contributed by atoms with Crippen LogP contribution in [0.25, 0.3) is 0 Å². The lowest BCUT2D eigenvalue weighted by molar-refractivity contribution is 0.148. The van der Waals surface area contributed by atoms with E-state index >= 15 is 0 Å². The summed E-state index contributed by atoms with van der Waals surface area (Å²) in [6.07, 6.45) is 8.09. The van der Waals surface area contributed by atoms with Gasteiger partial charge in [0.1, 0.15) is 0 Å². The smallest absolute Gasteiger partial charge is 0.0171 e. The predicted octanol–water partition coefficient (Wildman–Crippen LogP) is 3.10. The molecule has 1 atom stereocenters. The first kappa shape index (κ1) is 12.2. The zero-order valence-corrected chi connectivity index (χ0v) is 11.2. The van der Waals surface area contributed by atoms with Crippen molar-refractivity contribution in [1.82, 2.24) is 10.4 Å². The quantitative estimate of drug-likeness (QED) is 0.879. The molecular formula is C16H24N2. The average Bonchev–Trinajstić information content (AvgIpc) is 2.46. The molecule has 3 rings (SSSR count). The number of rotatable bonds is 3. The van der Waals surface area contributed by atoms with E-state index in [1.807, 2.05) is 0 Å². The van der Waals surface area contributed by atoms with Gasteiger partial charge >= 0.3 is 0 Å². The van der Waals surface area contributed by atoms with Crippen LogP contribution in [0.3, 0.4) is 0 Å². The minimum absolute atomic E-state index is 0.719. The number of piperidine rings is 1. The average molecular weight is 244 g/mol. The predicted molar refractivity (Wildman–Crippen MR) is 75.5 cm³/mol. The molecule has 0 amide bonds. The second-order valence-corrected chi connectivity index (χ2v) is 5.70. The lowest BCUT2D eigenvalue weighted by Gasteiger charge is -2.31. The van der Waals surface area contributed by atoms with Gasteiger partial charge in [0.05, 0.1) is 0 Å². The Labute approximate surface area is 110 Å². The van der Waals surface area contributed by atoms with E-state index in [4.69, 9.17) is 0 Å². The summed E-state index contributed by atoms with van der Waals surface area (Å²) in [6.45, 7) is 3.58. The normalized spacial score (nSPS) is 24.8. The molecule has 2 nitrogen and oxygen atoms in total. The topological polar surface area (TPSA) is 15.3 Å². The molecule has 2 aliphatic rings. The van der Waals surface area contributed by atoms with Gasteiger partial charge in [-0.1, -0.05) is 30.7 Å². The number of fused-ring (bicyclic) bond motifs is 1. The van der Waals surface area contributed by atoms with Crippen LogP contribution in [0.1, 0.15) is 49.1 Å². The van der Waals surface area contributed by atoms with E-state index in [0.717, 1.165) is 12.5 Å². The Morgan fingerprint density at radius 2 is 1.89 bits per heavy atom. The molecule has 0 spiro atoms. The Balaban J connectivity index is 1.60. The van der Waals surface area contributed by atoms with Crippen LogP contribution in [0.5, 0.6) is 0 Å². The van der Waals surface area contributed by atoms with Crippen molar-refractivity contribution in [1.29, 1.82) is 0 Å². The Hall–Kier alpha value is -0.860. The van der Waals surface area contributed by atoms with Crippen LogP contribution in [-0.2, 0) is 6.42 Å². The number of hydrogen-bond donors (Lipinski definition) is 1. The molecule has 1 fully saturated rings. The van der Waals surface area contributed by atoms with Crippen LogP contribution in [-0.4, -0.2) is 24.6 Å². The molecule has 1 aromatic rings. The van der Waals surface area contributed by atoms with Crippen LogP contribution < -0.4 is 5.43 Å². The van der Waals surface area contributed by atoms with E-state index in [1.165, 1.54) is 51.6 Å². The number of aryl methyl sites for hydroxylation is 1. The van der Waals surface area contributed by atoms with E-state index in [2.05, 4.69) is 34.7 Å². The number of hydrazine groups is 1. The molecule has 98 valence electrons. The van der Waals surface area contributed by atoms with Crippen LogP contribution in [0.15, 0.2) is 24.3 Å². The second-order valence-electron chi connectivity index (χ2n) is 5.70. The third-order valence-electron chi connectivity index (χ3n) is 4.41. The molecule has 0 aromatic heterocycles. The van der Waals surface area contributed by atoms with Crippen molar-refractivity contribution in [2.75, 3.05) is 19.6 Å². The lowest BCUT2D eigenvalue weighted by atomic mass is 9.83. The van der Waals surface area contributed by atoms with Gasteiger partial charge in [-0.05, 0) is 49.1 Å². The molecule has 18 heavy (non-hydrogen) atoms. The first-order valence-corrected chi connectivity index (χ1v) is 7.50. The van der Waals surface area contributed by atoms with Gasteiger partial charge in [0.25, 0.3) is 0 Å². The van der Waals surface area contributed by atoms with Gasteiger partial charge < -0.3 is 0 Å². The van der Waals surface area contributed by atoms with Crippen LogP contribution in [0.2, 0.25) is 0 Å². The third-order valence-corrected chi connectivity index (χ3v) is 4.41. The van der Waals surface area contributed by atoms with E-state index in [0.29, 0.717) is 0 Å². The molecule has 1 N–H and O–H groups in total. The maximum atomic E-state index is 3.67. The van der Waals surface area contributed by atoms with Gasteiger partial charge in [-0.2, -0.15) is 0 Å². The van der Waals surface area contributed by atoms with Crippen LogP contribution >= 0.6 is 0 Å². The Morgan fingerprint density at radius 3 is 2.78 bits per heavy atom. The van der Waals surface area contributed by atoms with Gasteiger partial charge in [0.15, 0.2) is 0 Å². The molecule has 1 heterocycles. The van der Waals surface area contributed by atoms with Crippen molar-refractivity contribution in [3.05, 3.63) is 35.4 Å². The molecular weight excluding hydrogens is 220 g/mol. The molecule has 0 radical (unpaired) electrons. The number of benzene rings is 1. The number of hydrogen-bond acceptors (Lipinski definition) is 2. The van der Waals surface area contributed by atoms with E-state index in [9.17, 15) is 0 Å². The summed E-state index contributed by atoms with van der Waals surface area (Å²) in [7, 11) is 0. The van der Waals surface area contributed by atoms with E-state index in [-0.39, 0.29) is 0 Å². The number of nitrogens with zero attached hydrogens (tertiary/aromatic N) is 1. The first-order valence-electron chi connectivity index (χ1n) is 7.50. The van der Waals surface area contributed by atoms with Gasteiger partial charge in [-0.3, -0.25) is 5.43 Å². The highest BCUT2D eigenvalue weighted by Gasteiger charge is 2.20. The summed E-state index contributed by atoms with van der Waals surface area (Å²) in [5, 5.41) is 2.43. The zero-order valence-electron chi connectivity index (χ0n) is 11.2. The highest BCUT2D eigenvalue weighted by atomic mass is 15.5. The minimum atomic E-state index is 0.719. The van der Waals surface area contributed by atoms with Crippen molar-refractivity contribution in [2.45, 2.75) is 44.4 Å². The van der Waals surface area contributed by atoms with Crippen molar-refractivity contribution in [3.8, 4) is 0 Å². The SMILES string of the molecule is c1ccc2c(c1)CCCC2CNN1CCCCC1. The monoisotopic (exact) mass is 244 g/mol.